The van der Waals surface area contributed by atoms with Crippen LogP contribution in [0.1, 0.15) is 6.92 Å². The Morgan fingerprint density at radius 3 is 2.27 bits per heavy atom. The molecule has 1 heterocycles. The molecule has 0 aromatic carbocycles. The number of hydrazine groups is 1. The number of nitrogens with zero attached hydrogens (tertiary/aromatic N) is 2. The third kappa shape index (κ3) is 4.75. The number of carbonyl (C=O) groups excluding carboxylic acids is 2. The monoisotopic (exact) mass is 214 g/mol. The van der Waals surface area contributed by atoms with Crippen molar-refractivity contribution >= 4 is 11.8 Å². The lowest BCUT2D eigenvalue weighted by atomic mass is 10.3. The molecule has 1 fully saturated rings. The van der Waals surface area contributed by atoms with Gasteiger partial charge in [-0.05, 0) is 7.05 Å². The van der Waals surface area contributed by atoms with Gasteiger partial charge in [0.15, 0.2) is 0 Å². The van der Waals surface area contributed by atoms with Crippen LogP contribution < -0.4 is 10.9 Å². The SMILES string of the molecule is CC(=O)NNC(=O)CN1CCN(C)CC1. The van der Waals surface area contributed by atoms with Crippen molar-refractivity contribution < 1.29 is 9.59 Å². The molecule has 15 heavy (non-hydrogen) atoms. The van der Waals surface area contributed by atoms with E-state index in [1.54, 1.807) is 0 Å². The highest BCUT2D eigenvalue weighted by atomic mass is 16.2. The Balaban J connectivity index is 2.17. The number of likely N-dealkylation sites (N-methyl/N-ethyl adjacent to an activating group) is 1. The van der Waals surface area contributed by atoms with Crippen molar-refractivity contribution in [1.82, 2.24) is 20.7 Å². The minimum absolute atomic E-state index is 0.172. The van der Waals surface area contributed by atoms with E-state index in [0.29, 0.717) is 6.54 Å². The molecule has 0 bridgehead atoms. The lowest BCUT2D eigenvalue weighted by Gasteiger charge is -2.31. The first kappa shape index (κ1) is 11.9. The average molecular weight is 214 g/mol. The molecule has 0 atom stereocenters. The average Bonchev–Trinajstić information content (AvgIpc) is 2.19. The number of rotatable bonds is 2. The summed E-state index contributed by atoms with van der Waals surface area (Å²) in [5.41, 5.74) is 4.61. The van der Waals surface area contributed by atoms with Gasteiger partial charge in [-0.3, -0.25) is 25.3 Å². The summed E-state index contributed by atoms with van der Waals surface area (Å²) in [5.74, 6) is -0.434. The van der Waals surface area contributed by atoms with E-state index in [4.69, 9.17) is 0 Å². The molecule has 0 aliphatic carbocycles. The first-order valence-electron chi connectivity index (χ1n) is 5.04. The molecule has 0 aromatic rings. The van der Waals surface area contributed by atoms with E-state index in [-0.39, 0.29) is 11.8 Å². The summed E-state index contributed by atoms with van der Waals surface area (Å²) in [6.07, 6.45) is 0. The topological polar surface area (TPSA) is 64.7 Å². The third-order valence-electron chi connectivity index (χ3n) is 2.34. The number of hydrogen-bond donors (Lipinski definition) is 2. The predicted molar refractivity (Wildman–Crippen MR) is 55.9 cm³/mol. The third-order valence-corrected chi connectivity index (χ3v) is 2.34. The van der Waals surface area contributed by atoms with Crippen molar-refractivity contribution in [3.63, 3.8) is 0 Å². The molecule has 6 heteroatoms. The first-order chi connectivity index (χ1) is 7.08. The first-order valence-corrected chi connectivity index (χ1v) is 5.04. The Bertz CT molecular complexity index is 236. The fourth-order valence-corrected chi connectivity index (χ4v) is 1.41. The molecule has 1 rings (SSSR count). The van der Waals surface area contributed by atoms with Crippen LogP contribution in [0.5, 0.6) is 0 Å². The van der Waals surface area contributed by atoms with Crippen molar-refractivity contribution in [3.8, 4) is 0 Å². The lowest BCUT2D eigenvalue weighted by Crippen LogP contribution is -2.50. The van der Waals surface area contributed by atoms with Crippen LogP contribution in [0.25, 0.3) is 0 Å². The van der Waals surface area contributed by atoms with Gasteiger partial charge in [-0.1, -0.05) is 0 Å². The van der Waals surface area contributed by atoms with E-state index in [2.05, 4.69) is 27.7 Å². The highest BCUT2D eigenvalue weighted by Gasteiger charge is 2.16. The molecule has 2 amide bonds. The molecule has 0 saturated carbocycles. The van der Waals surface area contributed by atoms with Crippen molar-refractivity contribution in [2.45, 2.75) is 6.92 Å². The summed E-state index contributed by atoms with van der Waals surface area (Å²) in [7, 11) is 2.06. The standard InChI is InChI=1S/C9H18N4O2/c1-8(14)10-11-9(15)7-13-5-3-12(2)4-6-13/h3-7H2,1-2H3,(H,10,14)(H,11,15). The van der Waals surface area contributed by atoms with Crippen LogP contribution in [0.15, 0.2) is 0 Å². The van der Waals surface area contributed by atoms with E-state index >= 15 is 0 Å². The van der Waals surface area contributed by atoms with Gasteiger partial charge < -0.3 is 4.90 Å². The predicted octanol–water partition coefficient (Wildman–Crippen LogP) is -1.60. The van der Waals surface area contributed by atoms with Gasteiger partial charge in [0, 0.05) is 33.1 Å². The molecule has 0 radical (unpaired) electrons. The largest absolute Gasteiger partial charge is 0.304 e. The van der Waals surface area contributed by atoms with Crippen LogP contribution in [0.4, 0.5) is 0 Å². The van der Waals surface area contributed by atoms with Gasteiger partial charge in [-0.2, -0.15) is 0 Å². The maximum Gasteiger partial charge on any atom is 0.252 e. The molecule has 6 nitrogen and oxygen atoms in total. The quantitative estimate of drug-likeness (QED) is 0.543. The van der Waals surface area contributed by atoms with Crippen LogP contribution in [-0.2, 0) is 9.59 Å². The van der Waals surface area contributed by atoms with Crippen molar-refractivity contribution in [2.24, 2.45) is 0 Å². The Morgan fingerprint density at radius 1 is 1.13 bits per heavy atom. The van der Waals surface area contributed by atoms with Gasteiger partial charge in [0.25, 0.3) is 5.91 Å². The summed E-state index contributed by atoms with van der Waals surface area (Å²) in [5, 5.41) is 0. The number of piperazine rings is 1. The molecule has 1 aliphatic rings. The van der Waals surface area contributed by atoms with E-state index in [9.17, 15) is 9.59 Å². The van der Waals surface area contributed by atoms with Crippen molar-refractivity contribution in [3.05, 3.63) is 0 Å². The summed E-state index contributed by atoms with van der Waals surface area (Å²) in [6, 6.07) is 0. The molecule has 1 aliphatic heterocycles. The highest BCUT2D eigenvalue weighted by molar-refractivity contribution is 5.81. The minimum Gasteiger partial charge on any atom is -0.304 e. The summed E-state index contributed by atoms with van der Waals surface area (Å²) in [4.78, 5) is 26.1. The van der Waals surface area contributed by atoms with E-state index < -0.39 is 0 Å². The highest BCUT2D eigenvalue weighted by Crippen LogP contribution is 1.97. The van der Waals surface area contributed by atoms with Crippen LogP contribution in [0, 0.1) is 0 Å². The molecular weight excluding hydrogens is 196 g/mol. The Hall–Kier alpha value is -1.14. The second kappa shape index (κ2) is 5.67. The number of hydrogen-bond acceptors (Lipinski definition) is 4. The smallest absolute Gasteiger partial charge is 0.252 e. The molecule has 86 valence electrons. The molecule has 2 N–H and O–H groups in total. The van der Waals surface area contributed by atoms with E-state index in [1.807, 2.05) is 0 Å². The van der Waals surface area contributed by atoms with Gasteiger partial charge in [0.1, 0.15) is 0 Å². The van der Waals surface area contributed by atoms with Crippen molar-refractivity contribution in [2.75, 3.05) is 39.8 Å². The van der Waals surface area contributed by atoms with Gasteiger partial charge in [0.05, 0.1) is 6.54 Å². The zero-order valence-electron chi connectivity index (χ0n) is 9.25. The van der Waals surface area contributed by atoms with E-state index in [0.717, 1.165) is 26.2 Å². The molecule has 0 aromatic heterocycles. The summed E-state index contributed by atoms with van der Waals surface area (Å²) in [6.45, 7) is 5.44. The van der Waals surface area contributed by atoms with Crippen LogP contribution >= 0.6 is 0 Å². The number of nitrogens with one attached hydrogen (secondary N) is 2. The van der Waals surface area contributed by atoms with Gasteiger partial charge in [-0.15, -0.1) is 0 Å². The maximum atomic E-state index is 11.3. The van der Waals surface area contributed by atoms with E-state index in [1.165, 1.54) is 6.92 Å². The minimum atomic E-state index is -0.262. The molecular formula is C9H18N4O2. The Labute approximate surface area is 89.6 Å². The van der Waals surface area contributed by atoms with Crippen molar-refractivity contribution in [1.29, 1.82) is 0 Å². The zero-order chi connectivity index (χ0) is 11.3. The van der Waals surface area contributed by atoms with Gasteiger partial charge in [0.2, 0.25) is 5.91 Å². The summed E-state index contributed by atoms with van der Waals surface area (Å²) >= 11 is 0. The Kier molecular flexibility index (Phi) is 4.51. The maximum absolute atomic E-state index is 11.3. The number of carbonyl (C=O) groups is 2. The second-order valence-corrected chi connectivity index (χ2v) is 3.81. The fourth-order valence-electron chi connectivity index (χ4n) is 1.41. The molecule has 0 spiro atoms. The van der Waals surface area contributed by atoms with Crippen LogP contribution in [0.3, 0.4) is 0 Å². The fraction of sp³-hybridized carbons (Fsp3) is 0.778. The zero-order valence-corrected chi connectivity index (χ0v) is 9.25. The molecule has 1 saturated heterocycles. The van der Waals surface area contributed by atoms with Crippen LogP contribution in [0.2, 0.25) is 0 Å². The molecule has 0 unspecified atom stereocenters. The van der Waals surface area contributed by atoms with Gasteiger partial charge >= 0.3 is 0 Å². The summed E-state index contributed by atoms with van der Waals surface area (Å²) < 4.78 is 0. The van der Waals surface area contributed by atoms with Crippen LogP contribution in [-0.4, -0.2) is 61.4 Å². The second-order valence-electron chi connectivity index (χ2n) is 3.81. The Morgan fingerprint density at radius 2 is 1.73 bits per heavy atom. The number of amides is 2. The lowest BCUT2D eigenvalue weighted by molar-refractivity contribution is -0.128. The van der Waals surface area contributed by atoms with Gasteiger partial charge in [-0.25, -0.2) is 0 Å². The normalized spacial score (nSPS) is 18.5.